The second kappa shape index (κ2) is 8.97. The van der Waals surface area contributed by atoms with Crippen LogP contribution in [0.3, 0.4) is 0 Å². The number of imidazole rings is 1. The zero-order valence-electron chi connectivity index (χ0n) is 20.8. The average molecular weight is 576 g/mol. The molecule has 6 rings (SSSR count). The van der Waals surface area contributed by atoms with Gasteiger partial charge in [0.2, 0.25) is 0 Å². The third-order valence-corrected chi connectivity index (χ3v) is 7.50. The van der Waals surface area contributed by atoms with Crippen LogP contribution in [-0.2, 0) is 20.2 Å². The molecule has 4 aromatic rings. The number of fused-ring (bicyclic) bond motifs is 9. The monoisotopic (exact) mass is 575 g/mol. The first-order valence-corrected chi connectivity index (χ1v) is 13.3. The van der Waals surface area contributed by atoms with Crippen molar-refractivity contribution in [2.45, 2.75) is 44.6 Å². The SMILES string of the molecule is CC(C)(OS(=O)(=O)O)c1ncc(-c2cc3c(cc2F)nc2n3[C@@H]3C[C@H]2NC(=O)c2cccc(OC(F)F)c23)cn1. The molecule has 1 amide bonds. The highest BCUT2D eigenvalue weighted by Crippen LogP contribution is 2.48. The Labute approximate surface area is 224 Å². The molecule has 0 unspecified atom stereocenters. The minimum atomic E-state index is -4.79. The van der Waals surface area contributed by atoms with Crippen molar-refractivity contribution in [1.29, 1.82) is 0 Å². The molecule has 0 aliphatic carbocycles. The van der Waals surface area contributed by atoms with Crippen LogP contribution in [0.5, 0.6) is 5.75 Å². The number of ether oxygens (including phenoxy) is 1. The molecule has 0 spiro atoms. The first-order chi connectivity index (χ1) is 18.8. The molecule has 2 N–H and O–H groups in total. The lowest BCUT2D eigenvalue weighted by atomic mass is 9.97. The molecule has 0 fully saturated rings. The highest BCUT2D eigenvalue weighted by Gasteiger charge is 2.42. The van der Waals surface area contributed by atoms with Crippen LogP contribution < -0.4 is 10.1 Å². The van der Waals surface area contributed by atoms with E-state index in [9.17, 15) is 22.0 Å². The molecule has 40 heavy (non-hydrogen) atoms. The van der Waals surface area contributed by atoms with Gasteiger partial charge < -0.3 is 14.6 Å². The number of halogens is 3. The van der Waals surface area contributed by atoms with Crippen LogP contribution in [-0.4, -0.2) is 45.0 Å². The normalized spacial score (nSPS) is 18.4. The molecule has 0 saturated heterocycles. The zero-order chi connectivity index (χ0) is 28.6. The van der Waals surface area contributed by atoms with Crippen molar-refractivity contribution in [3.05, 3.63) is 71.3 Å². The van der Waals surface area contributed by atoms with E-state index in [-0.39, 0.29) is 39.3 Å². The number of rotatable bonds is 6. The maximum Gasteiger partial charge on any atom is 0.398 e. The van der Waals surface area contributed by atoms with E-state index in [2.05, 4.69) is 24.5 Å². The molecule has 208 valence electrons. The Morgan fingerprint density at radius 2 is 1.90 bits per heavy atom. The average Bonchev–Trinajstić information content (AvgIpc) is 3.33. The number of carbonyl (C=O) groups is 1. The first kappa shape index (κ1) is 26.2. The van der Waals surface area contributed by atoms with Gasteiger partial charge in [-0.25, -0.2) is 23.5 Å². The van der Waals surface area contributed by atoms with Crippen molar-refractivity contribution in [2.75, 3.05) is 0 Å². The van der Waals surface area contributed by atoms with Crippen molar-refractivity contribution in [1.82, 2.24) is 24.8 Å². The second-order valence-electron chi connectivity index (χ2n) is 9.85. The third kappa shape index (κ3) is 4.35. The minimum absolute atomic E-state index is 0.0791. The van der Waals surface area contributed by atoms with E-state index >= 15 is 4.39 Å². The lowest BCUT2D eigenvalue weighted by Gasteiger charge is -2.21. The van der Waals surface area contributed by atoms with Crippen LogP contribution in [0.1, 0.15) is 59.9 Å². The number of hydrogen-bond acceptors (Lipinski definition) is 8. The summed E-state index contributed by atoms with van der Waals surface area (Å²) in [5.74, 6) is -0.875. The summed E-state index contributed by atoms with van der Waals surface area (Å²) in [5, 5.41) is 2.87. The third-order valence-electron chi connectivity index (χ3n) is 6.87. The van der Waals surface area contributed by atoms with Crippen LogP contribution in [0.25, 0.3) is 22.2 Å². The van der Waals surface area contributed by atoms with Gasteiger partial charge in [0.15, 0.2) is 5.82 Å². The molecule has 2 aromatic carbocycles. The smallest absolute Gasteiger partial charge is 0.398 e. The van der Waals surface area contributed by atoms with Gasteiger partial charge in [-0.1, -0.05) is 6.07 Å². The summed E-state index contributed by atoms with van der Waals surface area (Å²) in [6, 6.07) is 5.94. The molecular formula is C25H20F3N5O6S. The van der Waals surface area contributed by atoms with Gasteiger partial charge in [-0.15, -0.1) is 0 Å². The fourth-order valence-electron chi connectivity index (χ4n) is 5.33. The Morgan fingerprint density at radius 3 is 2.58 bits per heavy atom. The Kier molecular flexibility index (Phi) is 5.87. The molecule has 2 bridgehead atoms. The van der Waals surface area contributed by atoms with Gasteiger partial charge in [-0.3, -0.25) is 9.35 Å². The summed E-state index contributed by atoms with van der Waals surface area (Å²) < 4.78 is 84.3. The van der Waals surface area contributed by atoms with E-state index in [1.165, 1.54) is 56.6 Å². The molecule has 15 heteroatoms. The molecule has 2 aliphatic heterocycles. The Hall–Kier alpha value is -4.08. The molecular weight excluding hydrogens is 555 g/mol. The number of alkyl halides is 2. The van der Waals surface area contributed by atoms with Gasteiger partial charge in [-0.05, 0) is 38.5 Å². The van der Waals surface area contributed by atoms with Crippen molar-refractivity contribution in [3.8, 4) is 16.9 Å². The minimum Gasteiger partial charge on any atom is -0.434 e. The fraction of sp³-hybridized carbons (Fsp3) is 0.280. The Morgan fingerprint density at radius 1 is 1.18 bits per heavy atom. The van der Waals surface area contributed by atoms with Crippen LogP contribution in [0.2, 0.25) is 0 Å². The maximum atomic E-state index is 15.3. The highest BCUT2D eigenvalue weighted by molar-refractivity contribution is 7.80. The number of nitrogens with one attached hydrogen (secondary N) is 1. The molecule has 11 nitrogen and oxygen atoms in total. The van der Waals surface area contributed by atoms with Gasteiger partial charge in [0.25, 0.3) is 5.91 Å². The second-order valence-corrected chi connectivity index (χ2v) is 10.9. The number of amides is 1. The summed E-state index contributed by atoms with van der Waals surface area (Å²) in [5.41, 5.74) is -0.0270. The highest BCUT2D eigenvalue weighted by atomic mass is 32.3. The van der Waals surface area contributed by atoms with E-state index in [0.717, 1.165) is 0 Å². The largest absolute Gasteiger partial charge is 0.434 e. The summed E-state index contributed by atoms with van der Waals surface area (Å²) in [6.45, 7) is -0.437. The maximum absolute atomic E-state index is 15.3. The topological polar surface area (TPSA) is 146 Å². The molecule has 2 atom stereocenters. The predicted molar refractivity (Wildman–Crippen MR) is 132 cm³/mol. The van der Waals surface area contributed by atoms with E-state index in [4.69, 9.17) is 9.29 Å². The Bertz CT molecular complexity index is 1790. The Balaban J connectivity index is 1.46. The first-order valence-electron chi connectivity index (χ1n) is 11.9. The molecule has 2 aromatic heterocycles. The summed E-state index contributed by atoms with van der Waals surface area (Å²) in [7, 11) is -4.79. The summed E-state index contributed by atoms with van der Waals surface area (Å²) in [6.07, 6.45) is 2.88. The molecule has 0 radical (unpaired) electrons. The zero-order valence-corrected chi connectivity index (χ0v) is 21.6. The van der Waals surface area contributed by atoms with Crippen LogP contribution in [0.15, 0.2) is 42.7 Å². The van der Waals surface area contributed by atoms with Gasteiger partial charge in [0.1, 0.15) is 23.0 Å². The van der Waals surface area contributed by atoms with Gasteiger partial charge in [0.05, 0.1) is 23.1 Å². The van der Waals surface area contributed by atoms with Gasteiger partial charge in [-0.2, -0.15) is 17.2 Å². The number of hydrogen-bond donors (Lipinski definition) is 2. The number of aromatic nitrogens is 4. The van der Waals surface area contributed by atoms with E-state index < -0.39 is 46.4 Å². The van der Waals surface area contributed by atoms with Crippen molar-refractivity contribution in [2.24, 2.45) is 0 Å². The van der Waals surface area contributed by atoms with Gasteiger partial charge >= 0.3 is 17.0 Å². The van der Waals surface area contributed by atoms with Gasteiger partial charge in [0, 0.05) is 40.7 Å². The molecule has 2 aliphatic rings. The lowest BCUT2D eigenvalue weighted by molar-refractivity contribution is -0.0507. The summed E-state index contributed by atoms with van der Waals surface area (Å²) in [4.78, 5) is 25.6. The lowest BCUT2D eigenvalue weighted by Crippen LogP contribution is -2.28. The van der Waals surface area contributed by atoms with Crippen LogP contribution >= 0.6 is 0 Å². The van der Waals surface area contributed by atoms with Crippen molar-refractivity contribution in [3.63, 3.8) is 0 Å². The predicted octanol–water partition coefficient (Wildman–Crippen LogP) is 4.07. The summed E-state index contributed by atoms with van der Waals surface area (Å²) >= 11 is 0. The molecule has 0 saturated carbocycles. The van der Waals surface area contributed by atoms with E-state index in [1.54, 1.807) is 4.57 Å². The fourth-order valence-corrected chi connectivity index (χ4v) is 5.93. The van der Waals surface area contributed by atoms with Crippen molar-refractivity contribution < 1.29 is 39.9 Å². The number of benzene rings is 2. The van der Waals surface area contributed by atoms with Crippen molar-refractivity contribution >= 4 is 27.3 Å². The quantitative estimate of drug-likeness (QED) is 0.325. The molecule has 4 heterocycles. The van der Waals surface area contributed by atoms with E-state index in [0.29, 0.717) is 17.8 Å². The van der Waals surface area contributed by atoms with Crippen LogP contribution in [0, 0.1) is 5.82 Å². The van der Waals surface area contributed by atoms with E-state index in [1.807, 2.05) is 0 Å². The van der Waals surface area contributed by atoms with Crippen LogP contribution in [0.4, 0.5) is 13.2 Å². The standard InChI is InChI=1S/C25H20F3N5O6S/c1-25(2,39-40(35,36)37)23-29-9-11(10-30-23)13-6-17-15(7-14(13)26)31-21-16-8-18(33(17)21)20-12(22(34)32-16)4-3-5-19(20)38-24(27)28/h3-7,9-10,16,18,24H,8H2,1-2H3,(H,32,34)(H,35,36,37)/t16-,18-/m1/s1. The number of nitrogens with zero attached hydrogens (tertiary/aromatic N) is 4. The number of carbonyl (C=O) groups excluding carboxylic acids is 1.